The summed E-state index contributed by atoms with van der Waals surface area (Å²) < 4.78 is 87.7. The molecule has 0 aromatic heterocycles. The number of carbonyl (C=O) groups is 2. The summed E-state index contributed by atoms with van der Waals surface area (Å²) in [5.74, 6) is -1.52. The van der Waals surface area contributed by atoms with Crippen molar-refractivity contribution in [1.29, 1.82) is 0 Å². The standard InChI is InChI=1S/C22H21ClF6N2O4S/c23-17-6-3-15(7-18(17)24)35-12-21(33)31-22-8-13(9-22)19(10-22)30-20(32)11-34-14-1-4-16(5-2-14)36(25,26,27,28)29/h1-7,13,19H,8-12H2,(H,30,32)(H,31,33). The normalized spacial score (nSPS) is 24.6. The number of hydrogen-bond donors (Lipinski definition) is 2. The van der Waals surface area contributed by atoms with E-state index < -0.39 is 44.9 Å². The van der Waals surface area contributed by atoms with Crippen LogP contribution in [0.3, 0.4) is 0 Å². The summed E-state index contributed by atoms with van der Waals surface area (Å²) in [6, 6.07) is 5.42. The fourth-order valence-corrected chi connectivity index (χ4v) is 5.31. The van der Waals surface area contributed by atoms with E-state index >= 15 is 0 Å². The molecule has 0 aliphatic heterocycles. The predicted octanol–water partition coefficient (Wildman–Crippen LogP) is 5.75. The summed E-state index contributed by atoms with van der Waals surface area (Å²) in [6.07, 6.45) is 1.73. The fourth-order valence-electron chi connectivity index (χ4n) is 4.54. The number of nitrogens with one attached hydrogen (secondary N) is 2. The SMILES string of the molecule is O=C(COc1ccc(S(F)(F)(F)(F)F)cc1)NC1CC2(NC(=O)COc3ccc(Cl)c(F)c3)CC1C2. The van der Waals surface area contributed by atoms with Gasteiger partial charge >= 0.3 is 10.2 Å². The first kappa shape index (κ1) is 26.3. The monoisotopic (exact) mass is 558 g/mol. The summed E-state index contributed by atoms with van der Waals surface area (Å²) in [5.41, 5.74) is -0.503. The molecule has 5 rings (SSSR count). The molecule has 0 spiro atoms. The van der Waals surface area contributed by atoms with Gasteiger partial charge in [0.1, 0.15) is 22.2 Å². The Morgan fingerprint density at radius 3 is 2.11 bits per heavy atom. The van der Waals surface area contributed by atoms with Gasteiger partial charge in [-0.15, -0.1) is 0 Å². The van der Waals surface area contributed by atoms with Crippen LogP contribution >= 0.6 is 21.8 Å². The largest absolute Gasteiger partial charge is 0.484 e. The third-order valence-electron chi connectivity index (χ3n) is 6.14. The van der Waals surface area contributed by atoms with E-state index in [0.717, 1.165) is 18.2 Å². The number of rotatable bonds is 9. The highest BCUT2D eigenvalue weighted by Crippen LogP contribution is 3.02. The highest BCUT2D eigenvalue weighted by atomic mass is 35.5. The van der Waals surface area contributed by atoms with E-state index in [1.807, 2.05) is 0 Å². The van der Waals surface area contributed by atoms with E-state index in [9.17, 15) is 33.4 Å². The molecule has 36 heavy (non-hydrogen) atoms. The maximum absolute atomic E-state index is 13.5. The molecule has 2 bridgehead atoms. The maximum atomic E-state index is 13.5. The van der Waals surface area contributed by atoms with Gasteiger partial charge in [0.15, 0.2) is 13.2 Å². The van der Waals surface area contributed by atoms with Gasteiger partial charge in [-0.1, -0.05) is 31.0 Å². The Kier molecular flexibility index (Phi) is 6.11. The first-order valence-electron chi connectivity index (χ1n) is 10.7. The van der Waals surface area contributed by atoms with Crippen LogP contribution in [-0.4, -0.2) is 36.6 Å². The molecule has 3 fully saturated rings. The van der Waals surface area contributed by atoms with Crippen molar-refractivity contribution in [2.75, 3.05) is 13.2 Å². The lowest BCUT2D eigenvalue weighted by Crippen LogP contribution is -2.53. The van der Waals surface area contributed by atoms with Crippen molar-refractivity contribution in [2.24, 2.45) is 5.92 Å². The number of benzene rings is 2. The molecule has 3 aliphatic carbocycles. The molecular formula is C22H21ClF6N2O4S. The van der Waals surface area contributed by atoms with Crippen molar-refractivity contribution < 1.29 is 42.9 Å². The van der Waals surface area contributed by atoms with Crippen LogP contribution in [-0.2, 0) is 9.59 Å². The van der Waals surface area contributed by atoms with Crippen LogP contribution < -0.4 is 20.1 Å². The summed E-state index contributed by atoms with van der Waals surface area (Å²) in [6.45, 7) is -0.858. The molecule has 198 valence electrons. The minimum Gasteiger partial charge on any atom is -0.484 e. The number of fused-ring (bicyclic) bond motifs is 1. The van der Waals surface area contributed by atoms with E-state index in [-0.39, 0.29) is 47.2 Å². The van der Waals surface area contributed by atoms with E-state index in [1.54, 1.807) is 0 Å². The van der Waals surface area contributed by atoms with Crippen LogP contribution in [0.4, 0.5) is 23.8 Å². The van der Waals surface area contributed by atoms with Crippen LogP contribution in [0, 0.1) is 11.7 Å². The van der Waals surface area contributed by atoms with Crippen LogP contribution in [0.2, 0.25) is 5.02 Å². The molecule has 0 radical (unpaired) electrons. The molecule has 2 amide bonds. The van der Waals surface area contributed by atoms with Gasteiger partial charge in [-0.2, -0.15) is 0 Å². The Morgan fingerprint density at radius 1 is 0.917 bits per heavy atom. The van der Waals surface area contributed by atoms with E-state index in [4.69, 9.17) is 21.1 Å². The van der Waals surface area contributed by atoms with E-state index in [1.165, 1.54) is 12.1 Å². The maximum Gasteiger partial charge on any atom is 0.310 e. The number of ether oxygens (including phenoxy) is 2. The van der Waals surface area contributed by atoms with Crippen LogP contribution in [0.1, 0.15) is 19.3 Å². The van der Waals surface area contributed by atoms with Gasteiger partial charge in [0.2, 0.25) is 0 Å². The van der Waals surface area contributed by atoms with Crippen LogP contribution in [0.5, 0.6) is 11.5 Å². The third-order valence-corrected chi connectivity index (χ3v) is 7.61. The van der Waals surface area contributed by atoms with Crippen molar-refractivity contribution in [3.05, 3.63) is 53.3 Å². The lowest BCUT2D eigenvalue weighted by molar-refractivity contribution is -0.126. The molecule has 0 saturated heterocycles. The first-order chi connectivity index (χ1) is 16.5. The Morgan fingerprint density at radius 2 is 1.50 bits per heavy atom. The molecule has 3 aliphatic rings. The zero-order valence-corrected chi connectivity index (χ0v) is 20.0. The van der Waals surface area contributed by atoms with Gasteiger partial charge in [0.25, 0.3) is 11.8 Å². The van der Waals surface area contributed by atoms with Gasteiger partial charge in [-0.25, -0.2) is 4.39 Å². The molecule has 14 heteroatoms. The Balaban J connectivity index is 1.21. The van der Waals surface area contributed by atoms with E-state index in [0.29, 0.717) is 19.3 Å². The summed E-state index contributed by atoms with van der Waals surface area (Å²) >= 11 is 5.60. The van der Waals surface area contributed by atoms with Crippen molar-refractivity contribution in [2.45, 2.75) is 35.7 Å². The summed E-state index contributed by atoms with van der Waals surface area (Å²) in [5, 5.41) is 5.58. The molecule has 3 saturated carbocycles. The molecule has 2 aromatic carbocycles. The van der Waals surface area contributed by atoms with Gasteiger partial charge in [-0.3, -0.25) is 9.59 Å². The van der Waals surface area contributed by atoms with Crippen LogP contribution in [0.25, 0.3) is 0 Å². The van der Waals surface area contributed by atoms with E-state index in [2.05, 4.69) is 10.6 Å². The third kappa shape index (κ3) is 6.12. The minimum atomic E-state index is -9.78. The fraction of sp³-hybridized carbons (Fsp3) is 0.364. The smallest absolute Gasteiger partial charge is 0.310 e. The minimum absolute atomic E-state index is 0.0688. The molecule has 2 N–H and O–H groups in total. The molecule has 2 aromatic rings. The molecule has 1 atom stereocenters. The highest BCUT2D eigenvalue weighted by molar-refractivity contribution is 8.45. The molecule has 6 nitrogen and oxygen atoms in total. The highest BCUT2D eigenvalue weighted by Gasteiger charge is 2.65. The van der Waals surface area contributed by atoms with Crippen molar-refractivity contribution in [3.8, 4) is 11.5 Å². The van der Waals surface area contributed by atoms with Gasteiger partial charge in [0.05, 0.1) is 5.02 Å². The lowest BCUT2D eigenvalue weighted by Gasteiger charge is -2.40. The average molecular weight is 559 g/mol. The summed E-state index contributed by atoms with van der Waals surface area (Å²) in [4.78, 5) is 22.5. The zero-order chi connectivity index (χ0) is 26.4. The molecule has 1 unspecified atom stereocenters. The van der Waals surface area contributed by atoms with Crippen molar-refractivity contribution >= 4 is 33.6 Å². The number of carbonyl (C=O) groups excluding carboxylic acids is 2. The molecular weight excluding hydrogens is 538 g/mol. The average Bonchev–Trinajstić information content (AvgIpc) is 3.25. The van der Waals surface area contributed by atoms with Gasteiger partial charge in [0, 0.05) is 17.6 Å². The number of amides is 2. The first-order valence-corrected chi connectivity index (χ1v) is 13.0. The second-order valence-corrected chi connectivity index (χ2v) is 11.8. The zero-order valence-electron chi connectivity index (χ0n) is 18.4. The summed E-state index contributed by atoms with van der Waals surface area (Å²) in [7, 11) is -9.78. The second kappa shape index (κ2) is 8.37. The molecule has 0 heterocycles. The van der Waals surface area contributed by atoms with Crippen LogP contribution in [0.15, 0.2) is 47.4 Å². The Bertz CT molecular complexity index is 1190. The Hall–Kier alpha value is -2.80. The topological polar surface area (TPSA) is 76.7 Å². The predicted molar refractivity (Wildman–Crippen MR) is 120 cm³/mol. The van der Waals surface area contributed by atoms with Gasteiger partial charge < -0.3 is 20.1 Å². The van der Waals surface area contributed by atoms with Gasteiger partial charge in [-0.05, 0) is 61.6 Å². The van der Waals surface area contributed by atoms with Crippen molar-refractivity contribution in [1.82, 2.24) is 10.6 Å². The Labute approximate surface area is 207 Å². The number of hydrogen-bond acceptors (Lipinski definition) is 4. The van der Waals surface area contributed by atoms with Crippen molar-refractivity contribution in [3.63, 3.8) is 0 Å². The second-order valence-electron chi connectivity index (χ2n) is 8.97. The lowest BCUT2D eigenvalue weighted by atomic mass is 9.76. The quantitative estimate of drug-likeness (QED) is 0.384. The number of halogens is 7.